The predicted octanol–water partition coefficient (Wildman–Crippen LogP) is 3.28. The summed E-state index contributed by atoms with van der Waals surface area (Å²) in [5.74, 6) is 1.57. The van der Waals surface area contributed by atoms with Gasteiger partial charge < -0.3 is 19.1 Å². The molecule has 2 aliphatic heterocycles. The standard InChI is InChI=1S/C21H29NO4/c1-24-18-7-3-6-17(12-18)20(23)22-10-8-21(9-11-22)13-19(15-26-21)25-14-16-4-2-5-16/h3,6-7,12,16,19H,2,4-5,8-11,13-15H2,1H3/t19-/m0/s1. The third kappa shape index (κ3) is 3.74. The van der Waals surface area contributed by atoms with Crippen molar-refractivity contribution in [3.05, 3.63) is 29.8 Å². The van der Waals surface area contributed by atoms with Crippen LogP contribution in [0.3, 0.4) is 0 Å². The lowest BCUT2D eigenvalue weighted by Gasteiger charge is -2.38. The molecule has 2 saturated heterocycles. The van der Waals surface area contributed by atoms with Gasteiger partial charge in [0.1, 0.15) is 5.75 Å². The Morgan fingerprint density at radius 2 is 2.12 bits per heavy atom. The predicted molar refractivity (Wildman–Crippen MR) is 98.5 cm³/mol. The normalized spacial score (nSPS) is 25.3. The van der Waals surface area contributed by atoms with E-state index in [1.54, 1.807) is 7.11 Å². The van der Waals surface area contributed by atoms with Crippen LogP contribution in [0, 0.1) is 5.92 Å². The first-order valence-electron chi connectivity index (χ1n) is 9.86. The number of carbonyl (C=O) groups excluding carboxylic acids is 1. The van der Waals surface area contributed by atoms with Crippen molar-refractivity contribution in [2.75, 3.05) is 33.4 Å². The number of methoxy groups -OCH3 is 1. The average molecular weight is 359 g/mol. The van der Waals surface area contributed by atoms with Crippen molar-refractivity contribution >= 4 is 5.91 Å². The van der Waals surface area contributed by atoms with E-state index >= 15 is 0 Å². The molecular weight excluding hydrogens is 330 g/mol. The minimum Gasteiger partial charge on any atom is -0.497 e. The summed E-state index contributed by atoms with van der Waals surface area (Å²) in [6.45, 7) is 3.08. The van der Waals surface area contributed by atoms with Crippen molar-refractivity contribution in [1.82, 2.24) is 4.90 Å². The summed E-state index contributed by atoms with van der Waals surface area (Å²) < 4.78 is 17.5. The molecule has 3 fully saturated rings. The summed E-state index contributed by atoms with van der Waals surface area (Å²) in [7, 11) is 1.62. The topological polar surface area (TPSA) is 48.0 Å². The van der Waals surface area contributed by atoms with Gasteiger partial charge in [0.25, 0.3) is 5.91 Å². The average Bonchev–Trinajstić information content (AvgIpc) is 3.03. The lowest BCUT2D eigenvalue weighted by molar-refractivity contribution is -0.0420. The summed E-state index contributed by atoms with van der Waals surface area (Å²) in [5.41, 5.74) is 0.601. The molecule has 0 radical (unpaired) electrons. The monoisotopic (exact) mass is 359 g/mol. The van der Waals surface area contributed by atoms with Gasteiger partial charge in [0, 0.05) is 31.7 Å². The fourth-order valence-corrected chi connectivity index (χ4v) is 4.25. The van der Waals surface area contributed by atoms with Crippen LogP contribution in [0.15, 0.2) is 24.3 Å². The summed E-state index contributed by atoms with van der Waals surface area (Å²) in [5, 5.41) is 0. The number of carbonyl (C=O) groups is 1. The highest BCUT2D eigenvalue weighted by Gasteiger charge is 2.44. The number of ether oxygens (including phenoxy) is 3. The molecule has 1 aliphatic carbocycles. The van der Waals surface area contributed by atoms with Gasteiger partial charge in [-0.2, -0.15) is 0 Å². The Morgan fingerprint density at radius 1 is 1.31 bits per heavy atom. The first-order valence-corrected chi connectivity index (χ1v) is 9.86. The van der Waals surface area contributed by atoms with Crippen molar-refractivity contribution in [3.63, 3.8) is 0 Å². The van der Waals surface area contributed by atoms with Crippen molar-refractivity contribution in [3.8, 4) is 5.75 Å². The van der Waals surface area contributed by atoms with Crippen LogP contribution in [0.5, 0.6) is 5.75 Å². The van der Waals surface area contributed by atoms with E-state index in [0.29, 0.717) is 12.2 Å². The Bertz CT molecular complexity index is 635. The highest BCUT2D eigenvalue weighted by atomic mass is 16.6. The largest absolute Gasteiger partial charge is 0.497 e. The molecule has 1 aromatic rings. The summed E-state index contributed by atoms with van der Waals surface area (Å²) in [6, 6.07) is 7.38. The quantitative estimate of drug-likeness (QED) is 0.809. The van der Waals surface area contributed by atoms with Gasteiger partial charge in [-0.15, -0.1) is 0 Å². The van der Waals surface area contributed by atoms with Crippen LogP contribution in [-0.2, 0) is 9.47 Å². The molecule has 4 rings (SSSR count). The van der Waals surface area contributed by atoms with Gasteiger partial charge in [-0.3, -0.25) is 4.79 Å². The number of piperidine rings is 1. The summed E-state index contributed by atoms with van der Waals surface area (Å²) in [6.07, 6.45) is 6.99. The fourth-order valence-electron chi connectivity index (χ4n) is 4.25. The Labute approximate surface area is 155 Å². The maximum absolute atomic E-state index is 12.8. The molecule has 0 bridgehead atoms. The van der Waals surface area contributed by atoms with Crippen LogP contribution in [0.2, 0.25) is 0 Å². The van der Waals surface area contributed by atoms with Crippen molar-refractivity contribution in [2.45, 2.75) is 50.2 Å². The molecule has 1 atom stereocenters. The van der Waals surface area contributed by atoms with Crippen molar-refractivity contribution in [1.29, 1.82) is 0 Å². The maximum Gasteiger partial charge on any atom is 0.253 e. The minimum absolute atomic E-state index is 0.0783. The number of amides is 1. The zero-order valence-corrected chi connectivity index (χ0v) is 15.6. The molecule has 0 aromatic heterocycles. The number of rotatable bonds is 5. The van der Waals surface area contributed by atoms with Crippen LogP contribution in [0.1, 0.15) is 48.9 Å². The van der Waals surface area contributed by atoms with Gasteiger partial charge in [-0.05, 0) is 49.8 Å². The first kappa shape index (κ1) is 17.8. The van der Waals surface area contributed by atoms with E-state index < -0.39 is 0 Å². The number of benzene rings is 1. The second-order valence-corrected chi connectivity index (χ2v) is 7.97. The second-order valence-electron chi connectivity index (χ2n) is 7.97. The van der Waals surface area contributed by atoms with Crippen LogP contribution in [0.4, 0.5) is 0 Å². The molecule has 5 nitrogen and oxygen atoms in total. The van der Waals surface area contributed by atoms with E-state index in [9.17, 15) is 4.79 Å². The molecule has 3 aliphatic rings. The molecule has 1 aromatic carbocycles. The third-order valence-electron chi connectivity index (χ3n) is 6.25. The Morgan fingerprint density at radius 3 is 2.81 bits per heavy atom. The minimum atomic E-state index is -0.0879. The lowest BCUT2D eigenvalue weighted by atomic mass is 9.86. The van der Waals surface area contributed by atoms with E-state index in [-0.39, 0.29) is 17.6 Å². The lowest BCUT2D eigenvalue weighted by Crippen LogP contribution is -2.46. The molecule has 1 saturated carbocycles. The molecule has 26 heavy (non-hydrogen) atoms. The van der Waals surface area contributed by atoms with Gasteiger partial charge in [-0.25, -0.2) is 0 Å². The Balaban J connectivity index is 1.28. The smallest absolute Gasteiger partial charge is 0.253 e. The molecule has 1 spiro atoms. The van der Waals surface area contributed by atoms with Gasteiger partial charge in [0.2, 0.25) is 0 Å². The summed E-state index contributed by atoms with van der Waals surface area (Å²) >= 11 is 0. The van der Waals surface area contributed by atoms with E-state index in [2.05, 4.69) is 0 Å². The SMILES string of the molecule is COc1cccc(C(=O)N2CCC3(CC2)C[C@H](OCC2CCC2)CO3)c1. The third-order valence-corrected chi connectivity index (χ3v) is 6.25. The van der Waals surface area contributed by atoms with Gasteiger partial charge in [0.05, 0.1) is 25.4 Å². The number of nitrogens with zero attached hydrogens (tertiary/aromatic N) is 1. The van der Waals surface area contributed by atoms with Crippen molar-refractivity contribution < 1.29 is 19.0 Å². The van der Waals surface area contributed by atoms with Crippen LogP contribution in [-0.4, -0.2) is 55.9 Å². The van der Waals surface area contributed by atoms with Gasteiger partial charge >= 0.3 is 0 Å². The zero-order chi connectivity index (χ0) is 18.0. The van der Waals surface area contributed by atoms with Gasteiger partial charge in [-0.1, -0.05) is 12.5 Å². The van der Waals surface area contributed by atoms with E-state index in [4.69, 9.17) is 14.2 Å². The molecule has 2 heterocycles. The Kier molecular flexibility index (Phi) is 5.18. The van der Waals surface area contributed by atoms with Crippen LogP contribution >= 0.6 is 0 Å². The van der Waals surface area contributed by atoms with E-state index in [1.807, 2.05) is 29.2 Å². The van der Waals surface area contributed by atoms with Crippen LogP contribution < -0.4 is 4.74 Å². The second kappa shape index (κ2) is 7.57. The molecule has 0 N–H and O–H groups in total. The van der Waals surface area contributed by atoms with Gasteiger partial charge in [0.15, 0.2) is 0 Å². The molecule has 0 unspecified atom stereocenters. The number of likely N-dealkylation sites (tertiary alicyclic amines) is 1. The Hall–Kier alpha value is -1.59. The fraction of sp³-hybridized carbons (Fsp3) is 0.667. The van der Waals surface area contributed by atoms with E-state index in [0.717, 1.165) is 50.6 Å². The summed E-state index contributed by atoms with van der Waals surface area (Å²) in [4.78, 5) is 14.7. The van der Waals surface area contributed by atoms with Crippen LogP contribution in [0.25, 0.3) is 0 Å². The molecule has 142 valence electrons. The molecule has 5 heteroatoms. The zero-order valence-electron chi connectivity index (χ0n) is 15.6. The molecular formula is C21H29NO4. The highest BCUT2D eigenvalue weighted by Crippen LogP contribution is 2.38. The van der Waals surface area contributed by atoms with E-state index in [1.165, 1.54) is 19.3 Å². The number of hydrogen-bond acceptors (Lipinski definition) is 4. The molecule has 1 amide bonds. The first-order chi connectivity index (χ1) is 12.7. The number of hydrogen-bond donors (Lipinski definition) is 0. The maximum atomic E-state index is 12.8. The van der Waals surface area contributed by atoms with Crippen molar-refractivity contribution in [2.24, 2.45) is 5.92 Å². The highest BCUT2D eigenvalue weighted by molar-refractivity contribution is 5.94.